The highest BCUT2D eigenvalue weighted by atomic mass is 35.5. The topological polar surface area (TPSA) is 58.2 Å². The van der Waals surface area contributed by atoms with E-state index in [4.69, 9.17) is 11.6 Å². The molecule has 28 heavy (non-hydrogen) atoms. The van der Waals surface area contributed by atoms with Gasteiger partial charge in [0, 0.05) is 16.4 Å². The van der Waals surface area contributed by atoms with Crippen molar-refractivity contribution in [1.29, 1.82) is 0 Å². The molecule has 2 N–H and O–H groups in total. The Bertz CT molecular complexity index is 1210. The van der Waals surface area contributed by atoms with Crippen LogP contribution in [0.2, 0.25) is 5.02 Å². The first-order valence-corrected chi connectivity index (χ1v) is 8.88. The third-order valence-electron chi connectivity index (χ3n) is 4.33. The summed E-state index contributed by atoms with van der Waals surface area (Å²) in [5.74, 6) is -0.306. The van der Waals surface area contributed by atoms with E-state index >= 15 is 0 Å². The van der Waals surface area contributed by atoms with Crippen molar-refractivity contribution < 1.29 is 4.39 Å². The molecule has 0 aliphatic carbocycles. The van der Waals surface area contributed by atoms with Crippen LogP contribution in [-0.4, -0.2) is 0 Å². The lowest BCUT2D eigenvalue weighted by Gasteiger charge is -2.15. The lowest BCUT2D eigenvalue weighted by atomic mass is 10.0. The van der Waals surface area contributed by atoms with Crippen molar-refractivity contribution in [2.45, 2.75) is 0 Å². The normalized spacial score (nSPS) is 10.8. The third-order valence-corrected chi connectivity index (χ3v) is 4.59. The Labute approximate surface area is 164 Å². The summed E-state index contributed by atoms with van der Waals surface area (Å²) >= 11 is 5.86. The smallest absolute Gasteiger partial charge is 0.253 e. The van der Waals surface area contributed by atoms with Crippen molar-refractivity contribution >= 4 is 34.4 Å². The van der Waals surface area contributed by atoms with Gasteiger partial charge in [-0.1, -0.05) is 35.9 Å². The van der Waals surface area contributed by atoms with Gasteiger partial charge in [-0.25, -0.2) is 4.39 Å². The highest BCUT2D eigenvalue weighted by molar-refractivity contribution is 6.30. The number of hydrogen-bond acceptors (Lipinski definition) is 4. The van der Waals surface area contributed by atoms with Crippen LogP contribution in [0.3, 0.4) is 0 Å². The average Bonchev–Trinajstić information content (AvgIpc) is 2.72. The SMILES string of the molecule is O=c1c(Nc2ccc(Cl)cc2)c(Nc2cccc(-c3ccc(F)cc3)c2)c1=O. The van der Waals surface area contributed by atoms with Crippen molar-refractivity contribution in [3.63, 3.8) is 0 Å². The number of anilines is 4. The maximum Gasteiger partial charge on any atom is 0.253 e. The van der Waals surface area contributed by atoms with Crippen LogP contribution in [0, 0.1) is 5.82 Å². The predicted octanol–water partition coefficient (Wildman–Crippen LogP) is 5.23. The van der Waals surface area contributed by atoms with E-state index in [1.165, 1.54) is 12.1 Å². The minimum absolute atomic E-state index is 0.205. The van der Waals surface area contributed by atoms with Gasteiger partial charge in [-0.2, -0.15) is 0 Å². The fourth-order valence-corrected chi connectivity index (χ4v) is 3.00. The maximum atomic E-state index is 13.1. The second-order valence-corrected chi connectivity index (χ2v) is 6.69. The van der Waals surface area contributed by atoms with E-state index < -0.39 is 10.9 Å². The van der Waals surface area contributed by atoms with Crippen LogP contribution in [0.25, 0.3) is 11.1 Å². The number of rotatable bonds is 5. The third kappa shape index (κ3) is 3.52. The van der Waals surface area contributed by atoms with Crippen LogP contribution in [0.1, 0.15) is 0 Å². The molecule has 138 valence electrons. The van der Waals surface area contributed by atoms with E-state index in [2.05, 4.69) is 10.6 Å². The fraction of sp³-hybridized carbons (Fsp3) is 0. The van der Waals surface area contributed by atoms with Crippen LogP contribution in [-0.2, 0) is 0 Å². The summed E-state index contributed by atoms with van der Waals surface area (Å²) in [4.78, 5) is 24.0. The van der Waals surface area contributed by atoms with Crippen molar-refractivity contribution in [2.24, 2.45) is 0 Å². The molecular weight excluding hydrogens is 379 g/mol. The second kappa shape index (κ2) is 7.29. The molecule has 0 amide bonds. The minimum Gasteiger partial charge on any atom is -0.350 e. The van der Waals surface area contributed by atoms with Crippen LogP contribution >= 0.6 is 11.6 Å². The van der Waals surface area contributed by atoms with Crippen molar-refractivity contribution in [1.82, 2.24) is 0 Å². The zero-order valence-electron chi connectivity index (χ0n) is 14.5. The van der Waals surface area contributed by atoms with Gasteiger partial charge in [-0.05, 0) is 59.7 Å². The summed E-state index contributed by atoms with van der Waals surface area (Å²) in [5, 5.41) is 6.54. The maximum absolute atomic E-state index is 13.1. The highest BCUT2D eigenvalue weighted by Crippen LogP contribution is 2.28. The largest absolute Gasteiger partial charge is 0.350 e. The van der Waals surface area contributed by atoms with Gasteiger partial charge >= 0.3 is 0 Å². The molecule has 0 spiro atoms. The Morgan fingerprint density at radius 1 is 0.679 bits per heavy atom. The number of halogens is 2. The number of hydrogen-bond donors (Lipinski definition) is 2. The van der Waals surface area contributed by atoms with Gasteiger partial charge < -0.3 is 10.6 Å². The summed E-state index contributed by atoms with van der Waals surface area (Å²) in [5.41, 5.74) is 2.25. The minimum atomic E-state index is -0.580. The quantitative estimate of drug-likeness (QED) is 0.457. The first-order chi connectivity index (χ1) is 13.5. The average molecular weight is 393 g/mol. The van der Waals surface area contributed by atoms with Gasteiger partial charge in [-0.3, -0.25) is 9.59 Å². The molecule has 0 fully saturated rings. The van der Waals surface area contributed by atoms with Gasteiger partial charge in [-0.15, -0.1) is 0 Å². The Hall–Kier alpha value is -3.44. The molecule has 0 aliphatic heterocycles. The van der Waals surface area contributed by atoms with E-state index in [1.807, 2.05) is 18.2 Å². The molecule has 0 bridgehead atoms. The molecule has 0 atom stereocenters. The van der Waals surface area contributed by atoms with E-state index in [0.717, 1.165) is 11.1 Å². The second-order valence-electron chi connectivity index (χ2n) is 6.25. The van der Waals surface area contributed by atoms with E-state index in [9.17, 15) is 14.0 Å². The molecular formula is C22H14ClFN2O2. The van der Waals surface area contributed by atoms with Crippen LogP contribution in [0.5, 0.6) is 0 Å². The Morgan fingerprint density at radius 2 is 1.29 bits per heavy atom. The van der Waals surface area contributed by atoms with Gasteiger partial charge in [0.05, 0.1) is 0 Å². The highest BCUT2D eigenvalue weighted by Gasteiger charge is 2.21. The molecule has 4 aromatic rings. The molecule has 6 heteroatoms. The molecule has 0 saturated heterocycles. The first-order valence-electron chi connectivity index (χ1n) is 8.50. The zero-order chi connectivity index (χ0) is 19.7. The summed E-state index contributed by atoms with van der Waals surface area (Å²) in [6, 6.07) is 20.3. The van der Waals surface area contributed by atoms with E-state index in [-0.39, 0.29) is 17.2 Å². The Balaban J connectivity index is 1.60. The summed E-state index contributed by atoms with van der Waals surface area (Å²) in [6.07, 6.45) is 0. The van der Waals surface area contributed by atoms with Gasteiger partial charge in [0.2, 0.25) is 0 Å². The van der Waals surface area contributed by atoms with Gasteiger partial charge in [0.25, 0.3) is 10.9 Å². The van der Waals surface area contributed by atoms with Gasteiger partial charge in [0.1, 0.15) is 17.2 Å². The number of benzene rings is 3. The van der Waals surface area contributed by atoms with E-state index in [1.54, 1.807) is 42.5 Å². The van der Waals surface area contributed by atoms with E-state index in [0.29, 0.717) is 16.4 Å². The molecule has 0 radical (unpaired) electrons. The lowest BCUT2D eigenvalue weighted by molar-refractivity contribution is 0.628. The lowest BCUT2D eigenvalue weighted by Crippen LogP contribution is -2.35. The van der Waals surface area contributed by atoms with Crippen LogP contribution in [0.15, 0.2) is 82.4 Å². The fourth-order valence-electron chi connectivity index (χ4n) is 2.87. The number of nitrogens with one attached hydrogen (secondary N) is 2. The molecule has 0 saturated carbocycles. The monoisotopic (exact) mass is 392 g/mol. The summed E-state index contributed by atoms with van der Waals surface area (Å²) in [7, 11) is 0. The standard InChI is InChI=1S/C22H14ClFN2O2/c23-15-6-10-17(11-7-15)25-19-20(22(28)21(19)27)26-18-3-1-2-14(12-18)13-4-8-16(24)9-5-13/h1-12,25-26H. The first kappa shape index (κ1) is 17.9. The summed E-state index contributed by atoms with van der Waals surface area (Å²) < 4.78 is 13.1. The summed E-state index contributed by atoms with van der Waals surface area (Å²) in [6.45, 7) is 0. The molecule has 4 nitrogen and oxygen atoms in total. The van der Waals surface area contributed by atoms with Crippen molar-refractivity contribution in [3.8, 4) is 11.1 Å². The van der Waals surface area contributed by atoms with Crippen molar-refractivity contribution in [2.75, 3.05) is 10.6 Å². The van der Waals surface area contributed by atoms with Gasteiger partial charge in [0.15, 0.2) is 0 Å². The molecule has 4 aromatic carbocycles. The predicted molar refractivity (Wildman–Crippen MR) is 111 cm³/mol. The zero-order valence-corrected chi connectivity index (χ0v) is 15.3. The molecule has 4 rings (SSSR count). The molecule has 0 aromatic heterocycles. The Morgan fingerprint density at radius 3 is 1.93 bits per heavy atom. The van der Waals surface area contributed by atoms with Crippen molar-refractivity contribution in [3.05, 3.63) is 104 Å². The Kier molecular flexibility index (Phi) is 4.67. The molecule has 0 unspecified atom stereocenters. The molecule has 0 aliphatic rings. The van der Waals surface area contributed by atoms with Crippen LogP contribution < -0.4 is 21.5 Å². The van der Waals surface area contributed by atoms with Crippen LogP contribution in [0.4, 0.5) is 27.1 Å². The molecule has 0 heterocycles.